The average Bonchev–Trinajstić information content (AvgIpc) is 3.21. The fourth-order valence-corrected chi connectivity index (χ4v) is 3.88. The molecule has 0 atom stereocenters. The highest BCUT2D eigenvalue weighted by Gasteiger charge is 2.29. The van der Waals surface area contributed by atoms with Gasteiger partial charge in [0.25, 0.3) is 5.91 Å². The fourth-order valence-electron chi connectivity index (χ4n) is 2.71. The van der Waals surface area contributed by atoms with Gasteiger partial charge in [-0.05, 0) is 18.2 Å². The first-order valence-corrected chi connectivity index (χ1v) is 9.28. The first-order valence-electron chi connectivity index (χ1n) is 8.05. The quantitative estimate of drug-likeness (QED) is 0.502. The van der Waals surface area contributed by atoms with E-state index in [1.54, 1.807) is 7.05 Å². The van der Waals surface area contributed by atoms with Crippen molar-refractivity contribution in [2.24, 2.45) is 0 Å². The molecule has 1 aliphatic rings. The predicted octanol–water partition coefficient (Wildman–Crippen LogP) is 4.37. The zero-order chi connectivity index (χ0) is 18.1. The second kappa shape index (κ2) is 6.90. The topological polar surface area (TPSA) is 38.1 Å². The molecule has 1 fully saturated rings. The van der Waals surface area contributed by atoms with Gasteiger partial charge in [0, 0.05) is 24.4 Å². The molecule has 6 heteroatoms. The Balaban J connectivity index is 1.84. The Bertz CT molecular complexity index is 1010. The predicted molar refractivity (Wildman–Crippen MR) is 110 cm³/mol. The van der Waals surface area contributed by atoms with Gasteiger partial charge in [-0.2, -0.15) is 5.10 Å². The normalized spacial score (nSPS) is 15.9. The second-order valence-corrected chi connectivity index (χ2v) is 7.50. The number of para-hydroxylation sites is 1. The van der Waals surface area contributed by atoms with E-state index >= 15 is 0 Å². The molecular weight excluding hydrogens is 362 g/mol. The second-order valence-electron chi connectivity index (χ2n) is 5.82. The van der Waals surface area contributed by atoms with E-state index in [2.05, 4.69) is 0 Å². The monoisotopic (exact) mass is 377 g/mol. The van der Waals surface area contributed by atoms with E-state index in [1.807, 2.05) is 77.6 Å². The van der Waals surface area contributed by atoms with Crippen molar-refractivity contribution in [2.45, 2.75) is 0 Å². The molecule has 0 N–H and O–H groups in total. The molecule has 1 amide bonds. The number of carbonyl (C=O) groups excluding carboxylic acids is 1. The van der Waals surface area contributed by atoms with Crippen molar-refractivity contribution in [2.75, 3.05) is 7.05 Å². The summed E-state index contributed by atoms with van der Waals surface area (Å²) < 4.78 is 2.40. The molecule has 1 aliphatic heterocycles. The number of aromatic nitrogens is 2. The summed E-state index contributed by atoms with van der Waals surface area (Å²) in [6.07, 6.45) is 3.82. The van der Waals surface area contributed by atoms with Crippen LogP contribution in [0.2, 0.25) is 0 Å². The summed E-state index contributed by atoms with van der Waals surface area (Å²) in [5, 5.41) is 4.76. The lowest BCUT2D eigenvalue weighted by atomic mass is 10.1. The van der Waals surface area contributed by atoms with Crippen molar-refractivity contribution >= 4 is 40.3 Å². The van der Waals surface area contributed by atoms with Crippen LogP contribution < -0.4 is 0 Å². The Labute approximate surface area is 161 Å². The first kappa shape index (κ1) is 16.8. The van der Waals surface area contributed by atoms with Crippen molar-refractivity contribution in [3.05, 3.63) is 77.3 Å². The lowest BCUT2D eigenvalue weighted by Crippen LogP contribution is -2.22. The standard InChI is InChI=1S/C20H15N3OS2/c1-22-19(24)17(26-20(22)25)12-15-13-23(16-10-6-3-7-11-16)21-18(15)14-8-4-2-5-9-14/h2-13H,1H3. The van der Waals surface area contributed by atoms with Crippen LogP contribution in [-0.4, -0.2) is 32.0 Å². The zero-order valence-electron chi connectivity index (χ0n) is 14.0. The molecule has 2 heterocycles. The summed E-state index contributed by atoms with van der Waals surface area (Å²) in [6.45, 7) is 0. The minimum atomic E-state index is -0.0773. The smallest absolute Gasteiger partial charge is 0.265 e. The molecule has 0 radical (unpaired) electrons. The summed E-state index contributed by atoms with van der Waals surface area (Å²) in [5.74, 6) is -0.0773. The molecular formula is C20H15N3OS2. The minimum absolute atomic E-state index is 0.0773. The maximum absolute atomic E-state index is 12.4. The van der Waals surface area contributed by atoms with Gasteiger partial charge >= 0.3 is 0 Å². The van der Waals surface area contributed by atoms with Crippen molar-refractivity contribution in [1.82, 2.24) is 14.7 Å². The third-order valence-electron chi connectivity index (χ3n) is 4.08. The van der Waals surface area contributed by atoms with Gasteiger partial charge in [0.1, 0.15) is 4.32 Å². The number of benzene rings is 2. The lowest BCUT2D eigenvalue weighted by molar-refractivity contribution is -0.121. The summed E-state index contributed by atoms with van der Waals surface area (Å²) in [7, 11) is 1.70. The number of hydrogen-bond donors (Lipinski definition) is 0. The fraction of sp³-hybridized carbons (Fsp3) is 0.0500. The largest absolute Gasteiger partial charge is 0.296 e. The van der Waals surface area contributed by atoms with E-state index in [0.29, 0.717) is 9.23 Å². The van der Waals surface area contributed by atoms with E-state index in [0.717, 1.165) is 22.5 Å². The van der Waals surface area contributed by atoms with Crippen LogP contribution in [0.5, 0.6) is 0 Å². The van der Waals surface area contributed by atoms with Crippen LogP contribution in [-0.2, 0) is 4.79 Å². The number of amides is 1. The summed E-state index contributed by atoms with van der Waals surface area (Å²) >= 11 is 6.54. The number of rotatable bonds is 3. The number of hydrogen-bond acceptors (Lipinski definition) is 4. The number of thioether (sulfide) groups is 1. The van der Waals surface area contributed by atoms with Crippen molar-refractivity contribution in [3.8, 4) is 16.9 Å². The van der Waals surface area contributed by atoms with Crippen molar-refractivity contribution in [3.63, 3.8) is 0 Å². The van der Waals surface area contributed by atoms with Crippen LogP contribution in [0.15, 0.2) is 71.8 Å². The van der Waals surface area contributed by atoms with E-state index < -0.39 is 0 Å². The van der Waals surface area contributed by atoms with E-state index in [9.17, 15) is 4.79 Å². The van der Waals surface area contributed by atoms with Crippen molar-refractivity contribution in [1.29, 1.82) is 0 Å². The summed E-state index contributed by atoms with van der Waals surface area (Å²) in [4.78, 5) is 14.5. The van der Waals surface area contributed by atoms with E-state index in [-0.39, 0.29) is 5.91 Å². The van der Waals surface area contributed by atoms with E-state index in [1.165, 1.54) is 16.7 Å². The number of carbonyl (C=O) groups is 1. The van der Waals surface area contributed by atoms with E-state index in [4.69, 9.17) is 17.3 Å². The number of likely N-dealkylation sites (N-methyl/N-ethyl adjacent to an activating group) is 1. The first-order chi connectivity index (χ1) is 12.6. The van der Waals surface area contributed by atoms with Gasteiger partial charge in [-0.15, -0.1) is 0 Å². The Kier molecular flexibility index (Phi) is 4.44. The van der Waals surface area contributed by atoms with Gasteiger partial charge in [0.05, 0.1) is 16.3 Å². The highest BCUT2D eigenvalue weighted by Crippen LogP contribution is 2.33. The third kappa shape index (κ3) is 3.09. The van der Waals surface area contributed by atoms with Crippen LogP contribution >= 0.6 is 24.0 Å². The average molecular weight is 377 g/mol. The Morgan fingerprint density at radius 2 is 1.69 bits per heavy atom. The highest BCUT2D eigenvalue weighted by molar-refractivity contribution is 8.26. The van der Waals surface area contributed by atoms with Crippen LogP contribution in [0.25, 0.3) is 23.0 Å². The Hall–Kier alpha value is -2.70. The molecule has 1 aromatic heterocycles. The van der Waals surface area contributed by atoms with Gasteiger partial charge in [-0.25, -0.2) is 4.68 Å². The maximum Gasteiger partial charge on any atom is 0.265 e. The van der Waals surface area contributed by atoms with Gasteiger partial charge in [-0.3, -0.25) is 9.69 Å². The molecule has 0 unspecified atom stereocenters. The molecule has 3 aromatic rings. The molecule has 2 aromatic carbocycles. The number of thiocarbonyl (C=S) groups is 1. The molecule has 0 aliphatic carbocycles. The van der Waals surface area contributed by atoms with Gasteiger partial charge < -0.3 is 0 Å². The van der Waals surface area contributed by atoms with Gasteiger partial charge in [0.15, 0.2) is 0 Å². The highest BCUT2D eigenvalue weighted by atomic mass is 32.2. The van der Waals surface area contributed by atoms with Crippen LogP contribution in [0.4, 0.5) is 0 Å². The lowest BCUT2D eigenvalue weighted by Gasteiger charge is -2.03. The SMILES string of the molecule is CN1C(=O)C(=Cc2cn(-c3ccccc3)nc2-c2ccccc2)SC1=S. The molecule has 0 bridgehead atoms. The zero-order valence-corrected chi connectivity index (χ0v) is 15.6. The number of nitrogens with zero attached hydrogens (tertiary/aromatic N) is 3. The summed E-state index contributed by atoms with van der Waals surface area (Å²) in [5.41, 5.74) is 3.68. The maximum atomic E-state index is 12.4. The van der Waals surface area contributed by atoms with Crippen molar-refractivity contribution < 1.29 is 4.79 Å². The van der Waals surface area contributed by atoms with Gasteiger partial charge in [0.2, 0.25) is 0 Å². The summed E-state index contributed by atoms with van der Waals surface area (Å²) in [6, 6.07) is 19.9. The third-order valence-corrected chi connectivity index (χ3v) is 5.57. The van der Waals surface area contributed by atoms with Crippen LogP contribution in [0.3, 0.4) is 0 Å². The Morgan fingerprint density at radius 3 is 2.31 bits per heavy atom. The molecule has 26 heavy (non-hydrogen) atoms. The molecule has 0 saturated carbocycles. The minimum Gasteiger partial charge on any atom is -0.296 e. The molecule has 0 spiro atoms. The molecule has 4 rings (SSSR count). The molecule has 4 nitrogen and oxygen atoms in total. The van der Waals surface area contributed by atoms with Gasteiger partial charge in [-0.1, -0.05) is 72.5 Å². The molecule has 128 valence electrons. The molecule has 1 saturated heterocycles. The van der Waals surface area contributed by atoms with Crippen LogP contribution in [0.1, 0.15) is 5.56 Å². The van der Waals surface area contributed by atoms with Crippen LogP contribution in [0, 0.1) is 0 Å². The Morgan fingerprint density at radius 1 is 1.04 bits per heavy atom.